The maximum atomic E-state index is 13.4. The average molecular weight is 303 g/mol. The van der Waals surface area contributed by atoms with Crippen LogP contribution in [0.3, 0.4) is 0 Å². The van der Waals surface area contributed by atoms with Gasteiger partial charge in [0.25, 0.3) is 0 Å². The fourth-order valence-corrected chi connectivity index (χ4v) is 1.69. The molecule has 1 heterocycles. The molecule has 1 aliphatic rings. The number of alkyl halides is 3. The summed E-state index contributed by atoms with van der Waals surface area (Å²) >= 11 is 0. The summed E-state index contributed by atoms with van der Waals surface area (Å²) < 4.78 is 50.6. The molecular weight excluding hydrogens is 290 g/mol. The summed E-state index contributed by atoms with van der Waals surface area (Å²) in [4.78, 5) is 9.27. The van der Waals surface area contributed by atoms with Gasteiger partial charge in [0, 0.05) is 19.2 Å². The second kappa shape index (κ2) is 5.58. The van der Waals surface area contributed by atoms with Crippen molar-refractivity contribution in [3.63, 3.8) is 0 Å². The standard InChI is InChI=1S/C12H13F4N5/c13-9-6-7(2-3-8(9)12(14,15)16)19-10(17)20-11(18)21-4-1-5-21/h2-3,6H,1,4-5H2,(H4,17,18,19,20). The molecule has 5 nitrogen and oxygen atoms in total. The molecule has 1 aromatic rings. The molecular formula is C12H13F4N5. The van der Waals surface area contributed by atoms with Crippen LogP contribution in [0.15, 0.2) is 28.2 Å². The van der Waals surface area contributed by atoms with E-state index >= 15 is 0 Å². The largest absolute Gasteiger partial charge is 0.419 e. The molecule has 0 amide bonds. The number of likely N-dealkylation sites (tertiary alicyclic amines) is 1. The Kier molecular flexibility index (Phi) is 4.01. The number of guanidine groups is 2. The van der Waals surface area contributed by atoms with E-state index in [9.17, 15) is 17.6 Å². The van der Waals surface area contributed by atoms with Gasteiger partial charge in [0.1, 0.15) is 5.82 Å². The molecule has 114 valence electrons. The van der Waals surface area contributed by atoms with E-state index in [0.717, 1.165) is 25.6 Å². The minimum atomic E-state index is -4.75. The lowest BCUT2D eigenvalue weighted by Gasteiger charge is -2.31. The Morgan fingerprint density at radius 1 is 1.19 bits per heavy atom. The van der Waals surface area contributed by atoms with Crippen molar-refractivity contribution in [2.75, 3.05) is 13.1 Å². The number of hydrogen-bond acceptors (Lipinski definition) is 1. The Bertz CT molecular complexity index is 590. The quantitative estimate of drug-likeness (QED) is 0.472. The lowest BCUT2D eigenvalue weighted by molar-refractivity contribution is -0.139. The highest BCUT2D eigenvalue weighted by Gasteiger charge is 2.33. The molecule has 0 radical (unpaired) electrons. The van der Waals surface area contributed by atoms with Gasteiger partial charge in [-0.25, -0.2) is 9.38 Å². The molecule has 0 spiro atoms. The zero-order valence-corrected chi connectivity index (χ0v) is 10.9. The Hall–Kier alpha value is -2.32. The highest BCUT2D eigenvalue weighted by atomic mass is 19.4. The third kappa shape index (κ3) is 3.61. The van der Waals surface area contributed by atoms with Crippen molar-refractivity contribution in [2.24, 2.45) is 21.5 Å². The Balaban J connectivity index is 2.18. The van der Waals surface area contributed by atoms with Gasteiger partial charge in [-0.05, 0) is 18.6 Å². The van der Waals surface area contributed by atoms with Crippen LogP contribution >= 0.6 is 0 Å². The van der Waals surface area contributed by atoms with Crippen molar-refractivity contribution >= 4 is 17.6 Å². The first-order valence-electron chi connectivity index (χ1n) is 6.07. The molecule has 0 atom stereocenters. The summed E-state index contributed by atoms with van der Waals surface area (Å²) in [6.07, 6.45) is -3.75. The van der Waals surface area contributed by atoms with E-state index in [2.05, 4.69) is 9.98 Å². The van der Waals surface area contributed by atoms with E-state index in [1.54, 1.807) is 4.90 Å². The zero-order chi connectivity index (χ0) is 15.6. The molecule has 1 aliphatic heterocycles. The van der Waals surface area contributed by atoms with Gasteiger partial charge in [0.15, 0.2) is 5.96 Å². The molecule has 2 rings (SSSR count). The van der Waals surface area contributed by atoms with Crippen molar-refractivity contribution in [1.29, 1.82) is 0 Å². The lowest BCUT2D eigenvalue weighted by Crippen LogP contribution is -2.47. The molecule has 1 fully saturated rings. The molecule has 0 unspecified atom stereocenters. The Morgan fingerprint density at radius 3 is 2.33 bits per heavy atom. The number of benzene rings is 1. The van der Waals surface area contributed by atoms with Crippen LogP contribution < -0.4 is 11.5 Å². The van der Waals surface area contributed by atoms with E-state index in [-0.39, 0.29) is 17.6 Å². The highest BCUT2D eigenvalue weighted by Crippen LogP contribution is 2.32. The van der Waals surface area contributed by atoms with Gasteiger partial charge in [-0.15, -0.1) is 0 Å². The van der Waals surface area contributed by atoms with Crippen LogP contribution in [0.4, 0.5) is 23.2 Å². The van der Waals surface area contributed by atoms with Gasteiger partial charge in [-0.2, -0.15) is 18.2 Å². The van der Waals surface area contributed by atoms with Gasteiger partial charge in [-0.3, -0.25) is 0 Å². The third-order valence-electron chi connectivity index (χ3n) is 2.91. The fraction of sp³-hybridized carbons (Fsp3) is 0.333. The molecule has 9 heteroatoms. The summed E-state index contributed by atoms with van der Waals surface area (Å²) in [6, 6.07) is 2.25. The average Bonchev–Trinajstić information content (AvgIpc) is 2.23. The number of aliphatic imine (C=N–C) groups is 2. The van der Waals surface area contributed by atoms with Gasteiger partial charge in [-0.1, -0.05) is 0 Å². The highest BCUT2D eigenvalue weighted by molar-refractivity contribution is 5.94. The van der Waals surface area contributed by atoms with Crippen LogP contribution in [-0.2, 0) is 6.18 Å². The van der Waals surface area contributed by atoms with Gasteiger partial charge < -0.3 is 16.4 Å². The number of rotatable bonds is 1. The van der Waals surface area contributed by atoms with E-state index in [0.29, 0.717) is 12.1 Å². The normalized spacial score (nSPS) is 16.9. The maximum Gasteiger partial charge on any atom is 0.419 e. The minimum absolute atomic E-state index is 0.0711. The Morgan fingerprint density at radius 2 is 1.86 bits per heavy atom. The van der Waals surface area contributed by atoms with Crippen LogP contribution in [0.1, 0.15) is 12.0 Å². The van der Waals surface area contributed by atoms with E-state index in [1.807, 2.05) is 0 Å². The van der Waals surface area contributed by atoms with Crippen LogP contribution in [-0.4, -0.2) is 29.9 Å². The van der Waals surface area contributed by atoms with Crippen molar-refractivity contribution in [1.82, 2.24) is 4.90 Å². The van der Waals surface area contributed by atoms with E-state index < -0.39 is 17.6 Å². The van der Waals surface area contributed by atoms with Crippen LogP contribution in [0.5, 0.6) is 0 Å². The number of nitrogens with two attached hydrogens (primary N) is 2. The lowest BCUT2D eigenvalue weighted by atomic mass is 10.2. The molecule has 21 heavy (non-hydrogen) atoms. The monoisotopic (exact) mass is 303 g/mol. The zero-order valence-electron chi connectivity index (χ0n) is 10.9. The summed E-state index contributed by atoms with van der Waals surface area (Å²) in [7, 11) is 0. The fourth-order valence-electron chi connectivity index (χ4n) is 1.69. The molecule has 0 saturated carbocycles. The second-order valence-corrected chi connectivity index (χ2v) is 4.44. The number of nitrogens with zero attached hydrogens (tertiary/aromatic N) is 3. The first kappa shape index (κ1) is 15.1. The molecule has 1 aromatic carbocycles. The van der Waals surface area contributed by atoms with Crippen molar-refractivity contribution in [3.05, 3.63) is 29.6 Å². The molecule has 0 aliphatic carbocycles. The smallest absolute Gasteiger partial charge is 0.369 e. The van der Waals surface area contributed by atoms with Crippen molar-refractivity contribution in [2.45, 2.75) is 12.6 Å². The summed E-state index contributed by atoms with van der Waals surface area (Å²) in [6.45, 7) is 1.52. The van der Waals surface area contributed by atoms with Gasteiger partial charge >= 0.3 is 6.18 Å². The van der Waals surface area contributed by atoms with Crippen molar-refractivity contribution in [3.8, 4) is 0 Å². The van der Waals surface area contributed by atoms with Crippen molar-refractivity contribution < 1.29 is 17.6 Å². The molecule has 4 N–H and O–H groups in total. The molecule has 0 bridgehead atoms. The first-order valence-corrected chi connectivity index (χ1v) is 6.07. The van der Waals surface area contributed by atoms with E-state index in [1.165, 1.54) is 0 Å². The molecule has 0 aromatic heterocycles. The van der Waals surface area contributed by atoms with Crippen LogP contribution in [0, 0.1) is 5.82 Å². The second-order valence-electron chi connectivity index (χ2n) is 4.44. The maximum absolute atomic E-state index is 13.4. The van der Waals surface area contributed by atoms with Crippen LogP contribution in [0.25, 0.3) is 0 Å². The first-order chi connectivity index (χ1) is 9.77. The summed E-state index contributed by atoms with van der Waals surface area (Å²) in [5.74, 6) is -1.50. The summed E-state index contributed by atoms with van der Waals surface area (Å²) in [5, 5.41) is 0. The predicted molar refractivity (Wildman–Crippen MR) is 70.5 cm³/mol. The van der Waals surface area contributed by atoms with E-state index in [4.69, 9.17) is 11.5 Å². The topological polar surface area (TPSA) is 80.0 Å². The minimum Gasteiger partial charge on any atom is -0.369 e. The predicted octanol–water partition coefficient (Wildman–Crippen LogP) is 1.81. The number of hydrogen-bond donors (Lipinski definition) is 2. The third-order valence-corrected chi connectivity index (χ3v) is 2.91. The van der Waals surface area contributed by atoms with Crippen LogP contribution in [0.2, 0.25) is 0 Å². The molecule has 1 saturated heterocycles. The van der Waals surface area contributed by atoms with Gasteiger partial charge in [0.05, 0.1) is 11.3 Å². The number of halogens is 4. The van der Waals surface area contributed by atoms with Gasteiger partial charge in [0.2, 0.25) is 5.96 Å². The Labute approximate surface area is 118 Å². The summed E-state index contributed by atoms with van der Waals surface area (Å²) in [5.41, 5.74) is 9.72. The SMILES string of the molecule is NC(=Nc1ccc(C(F)(F)F)c(F)c1)/N=C(/N)N1CCC1.